The number of rotatable bonds is 8. The lowest BCUT2D eigenvalue weighted by Crippen LogP contribution is -2.16. The van der Waals surface area contributed by atoms with Crippen molar-refractivity contribution < 1.29 is 18.5 Å². The van der Waals surface area contributed by atoms with Gasteiger partial charge in [-0.25, -0.2) is 0 Å². The number of nitrogens with one attached hydrogen (secondary N) is 3. The Kier molecular flexibility index (Phi) is 6.10. The molecule has 0 amide bonds. The summed E-state index contributed by atoms with van der Waals surface area (Å²) in [6.07, 6.45) is 6.34. The molecule has 3 N–H and O–H groups in total. The van der Waals surface area contributed by atoms with E-state index in [1.807, 2.05) is 12.1 Å². The summed E-state index contributed by atoms with van der Waals surface area (Å²) in [5.41, 5.74) is 2.68. The molecule has 0 bridgehead atoms. The van der Waals surface area contributed by atoms with Gasteiger partial charge >= 0.3 is 0 Å². The van der Waals surface area contributed by atoms with Crippen molar-refractivity contribution in [1.29, 1.82) is 5.41 Å². The molecular formula is C21H22N4O4S. The molecule has 1 unspecified atom stereocenters. The number of ether oxygens (including phenoxy) is 2. The molecule has 1 aromatic heterocycles. The van der Waals surface area contributed by atoms with Crippen molar-refractivity contribution in [2.75, 3.05) is 18.4 Å². The van der Waals surface area contributed by atoms with E-state index >= 15 is 0 Å². The molecule has 156 valence electrons. The summed E-state index contributed by atoms with van der Waals surface area (Å²) in [6.45, 7) is 1.18. The number of anilines is 1. The third kappa shape index (κ3) is 3.94. The smallest absolute Gasteiger partial charge is 0.224 e. The van der Waals surface area contributed by atoms with Crippen molar-refractivity contribution in [3.05, 3.63) is 53.7 Å². The van der Waals surface area contributed by atoms with Gasteiger partial charge in [0.25, 0.3) is 0 Å². The fourth-order valence-electron chi connectivity index (χ4n) is 3.45. The first kappa shape index (κ1) is 20.1. The first-order chi connectivity index (χ1) is 14.7. The number of hydrogen-bond donors (Lipinski definition) is 3. The third-order valence-electron chi connectivity index (χ3n) is 4.79. The van der Waals surface area contributed by atoms with E-state index in [0.717, 1.165) is 24.0 Å². The highest BCUT2D eigenvalue weighted by molar-refractivity contribution is 7.92. The van der Waals surface area contributed by atoms with Crippen LogP contribution in [0.5, 0.6) is 11.5 Å². The molecule has 0 saturated heterocycles. The molecule has 0 spiro atoms. The van der Waals surface area contributed by atoms with E-state index in [9.17, 15) is 4.55 Å². The van der Waals surface area contributed by atoms with Crippen LogP contribution in [0.1, 0.15) is 17.5 Å². The fraction of sp³-hybridized carbons (Fsp3) is 0.238. The highest BCUT2D eigenvalue weighted by Gasteiger charge is 2.27. The van der Waals surface area contributed by atoms with Crippen LogP contribution in [0.2, 0.25) is 0 Å². The first-order valence-corrected chi connectivity index (χ1v) is 10.6. The van der Waals surface area contributed by atoms with Crippen LogP contribution in [-0.4, -0.2) is 29.6 Å². The van der Waals surface area contributed by atoms with Crippen molar-refractivity contribution in [2.24, 2.45) is 0 Å². The van der Waals surface area contributed by atoms with E-state index in [0.29, 0.717) is 46.3 Å². The number of para-hydroxylation sites is 1. The average molecular weight is 426 g/mol. The lowest BCUT2D eigenvalue weighted by molar-refractivity contribution is 0.291. The predicted molar refractivity (Wildman–Crippen MR) is 116 cm³/mol. The Morgan fingerprint density at radius 1 is 1.37 bits per heavy atom. The zero-order chi connectivity index (χ0) is 20.9. The number of methoxy groups -OCH3 is 1. The molecule has 30 heavy (non-hydrogen) atoms. The van der Waals surface area contributed by atoms with Crippen LogP contribution in [0.25, 0.3) is 11.0 Å². The molecule has 9 heteroatoms. The van der Waals surface area contributed by atoms with Crippen LogP contribution < -0.4 is 19.5 Å². The van der Waals surface area contributed by atoms with Gasteiger partial charge in [-0.1, -0.05) is 17.3 Å². The number of benzene rings is 2. The van der Waals surface area contributed by atoms with Gasteiger partial charge in [-0.15, -0.1) is 0 Å². The zero-order valence-electron chi connectivity index (χ0n) is 16.4. The van der Waals surface area contributed by atoms with Crippen LogP contribution in [0, 0.1) is 5.41 Å². The highest BCUT2D eigenvalue weighted by atomic mass is 32.2. The van der Waals surface area contributed by atoms with Gasteiger partial charge < -0.3 is 29.3 Å². The van der Waals surface area contributed by atoms with Gasteiger partial charge in [0.2, 0.25) is 10.7 Å². The minimum atomic E-state index is -1.59. The molecule has 0 fully saturated rings. The number of nitrogens with zero attached hydrogens (tertiary/aromatic N) is 1. The third-order valence-corrected chi connectivity index (χ3v) is 5.91. The van der Waals surface area contributed by atoms with E-state index in [-0.39, 0.29) is 0 Å². The number of fused-ring (bicyclic) bond motifs is 3. The van der Waals surface area contributed by atoms with Crippen molar-refractivity contribution in [1.82, 2.24) is 10.5 Å². The quantitative estimate of drug-likeness (QED) is 0.373. The summed E-state index contributed by atoms with van der Waals surface area (Å²) in [5.74, 6) is 1.61. The van der Waals surface area contributed by atoms with Gasteiger partial charge in [-0.3, -0.25) is 0 Å². The van der Waals surface area contributed by atoms with Crippen molar-refractivity contribution in [3.8, 4) is 11.5 Å². The molecule has 0 aliphatic carbocycles. The van der Waals surface area contributed by atoms with E-state index in [4.69, 9.17) is 19.4 Å². The summed E-state index contributed by atoms with van der Waals surface area (Å²) in [5, 5.41) is 15.0. The minimum Gasteiger partial charge on any atom is -0.588 e. The Labute approximate surface area is 177 Å². The molecule has 1 aliphatic heterocycles. The monoisotopic (exact) mass is 426 g/mol. The Hall–Kier alpha value is -3.17. The van der Waals surface area contributed by atoms with Crippen molar-refractivity contribution >= 4 is 34.4 Å². The van der Waals surface area contributed by atoms with Crippen LogP contribution in [0.4, 0.5) is 5.82 Å². The number of hydrogen-bond acceptors (Lipinski definition) is 8. The second-order valence-corrected chi connectivity index (χ2v) is 7.81. The van der Waals surface area contributed by atoms with Crippen LogP contribution >= 0.6 is 0 Å². The molecule has 0 radical (unpaired) electrons. The SMILES string of the molecule is COc1ccccc1[S+]([O-])Nc1noc2cc(CN/C=C\C=N)c3c(c12)OCCC3. The maximum absolute atomic E-state index is 12.9. The number of allylic oxidation sites excluding steroid dienone is 1. The fourth-order valence-corrected chi connectivity index (χ4v) is 4.41. The van der Waals surface area contributed by atoms with Crippen LogP contribution in [0.15, 0.2) is 52.0 Å². The molecule has 0 saturated carbocycles. The van der Waals surface area contributed by atoms with Crippen molar-refractivity contribution in [3.63, 3.8) is 0 Å². The predicted octanol–water partition coefficient (Wildman–Crippen LogP) is 3.55. The van der Waals surface area contributed by atoms with Gasteiger partial charge in [-0.05, 0) is 48.9 Å². The molecule has 1 atom stereocenters. The van der Waals surface area contributed by atoms with Gasteiger partial charge in [0.15, 0.2) is 11.3 Å². The van der Waals surface area contributed by atoms with Gasteiger partial charge in [0, 0.05) is 18.3 Å². The second kappa shape index (κ2) is 9.10. The minimum absolute atomic E-state index is 0.371. The van der Waals surface area contributed by atoms with E-state index in [1.54, 1.807) is 37.6 Å². The van der Waals surface area contributed by atoms with Gasteiger partial charge in [0.05, 0.1) is 13.7 Å². The number of aromatic nitrogens is 1. The highest BCUT2D eigenvalue weighted by Crippen LogP contribution is 2.41. The summed E-state index contributed by atoms with van der Waals surface area (Å²) < 4.78 is 32.7. The maximum atomic E-state index is 12.9. The normalized spacial score (nSPS) is 14.2. The van der Waals surface area contributed by atoms with Gasteiger partial charge in [0.1, 0.15) is 22.5 Å². The molecule has 4 rings (SSSR count). The maximum Gasteiger partial charge on any atom is 0.224 e. The Morgan fingerprint density at radius 3 is 3.07 bits per heavy atom. The molecule has 3 aromatic rings. The second-order valence-electron chi connectivity index (χ2n) is 6.63. The molecule has 2 aromatic carbocycles. The summed E-state index contributed by atoms with van der Waals surface area (Å²) in [7, 11) is 1.54. The molecular weight excluding hydrogens is 404 g/mol. The Balaban J connectivity index is 1.68. The van der Waals surface area contributed by atoms with Gasteiger partial charge in [-0.2, -0.15) is 4.72 Å². The Bertz CT molecular complexity index is 1080. The average Bonchev–Trinajstić information content (AvgIpc) is 3.19. The summed E-state index contributed by atoms with van der Waals surface area (Å²) in [4.78, 5) is 0.518. The topological polar surface area (TPSA) is 115 Å². The zero-order valence-corrected chi connectivity index (χ0v) is 17.3. The molecule has 8 nitrogen and oxygen atoms in total. The molecule has 1 aliphatic rings. The van der Waals surface area contributed by atoms with Crippen LogP contribution in [-0.2, 0) is 24.3 Å². The van der Waals surface area contributed by atoms with E-state index in [1.165, 1.54) is 6.21 Å². The summed E-state index contributed by atoms with van der Waals surface area (Å²) >= 11 is -1.59. The standard InChI is InChI=1S/C21H22N4O4S/c1-27-16-7-2-3-8-18(16)30(26)25-21-19-17(29-24-21)12-14(13-23-10-5-9-22)15-6-4-11-28-20(15)19/h2-3,5,7-10,12,22-23H,4,6,11,13H2,1H3,(H,24,25)/b10-5-,22-9?. The Morgan fingerprint density at radius 2 is 2.23 bits per heavy atom. The van der Waals surface area contributed by atoms with Crippen LogP contribution in [0.3, 0.4) is 0 Å². The first-order valence-electron chi connectivity index (χ1n) is 9.50. The van der Waals surface area contributed by atoms with Crippen molar-refractivity contribution in [2.45, 2.75) is 24.3 Å². The van der Waals surface area contributed by atoms with E-state index < -0.39 is 11.4 Å². The summed E-state index contributed by atoms with van der Waals surface area (Å²) in [6, 6.07) is 9.05. The lowest BCUT2D eigenvalue weighted by Gasteiger charge is -2.21. The van der Waals surface area contributed by atoms with E-state index in [2.05, 4.69) is 15.2 Å². The largest absolute Gasteiger partial charge is 0.588 e. The molecule has 2 heterocycles. The lowest BCUT2D eigenvalue weighted by atomic mass is 9.97.